The van der Waals surface area contributed by atoms with E-state index in [1.807, 2.05) is 36.4 Å². The highest BCUT2D eigenvalue weighted by atomic mass is 35.5. The van der Waals surface area contributed by atoms with Crippen molar-refractivity contribution in [1.82, 2.24) is 14.5 Å². The molecule has 0 aliphatic rings. The molecule has 0 N–H and O–H groups in total. The fourth-order valence-electron chi connectivity index (χ4n) is 1.94. The minimum atomic E-state index is 0.768. The van der Waals surface area contributed by atoms with Gasteiger partial charge in [-0.05, 0) is 11.1 Å². The van der Waals surface area contributed by atoms with Gasteiger partial charge in [0.2, 0.25) is 0 Å². The molecule has 2 aromatic carbocycles. The maximum Gasteiger partial charge on any atom is 0.115 e. The first kappa shape index (κ1) is 11.0. The van der Waals surface area contributed by atoms with Gasteiger partial charge in [0.25, 0.3) is 0 Å². The molecule has 4 heteroatoms. The molecule has 0 unspecified atom stereocenters. The van der Waals surface area contributed by atoms with Crippen LogP contribution in [0.2, 0.25) is 0 Å². The molecule has 0 aliphatic carbocycles. The molecule has 3 nitrogen and oxygen atoms in total. The summed E-state index contributed by atoms with van der Waals surface area (Å²) in [5, 5.41) is 7.81. The lowest BCUT2D eigenvalue weighted by molar-refractivity contribution is 0.881. The summed E-state index contributed by atoms with van der Waals surface area (Å²) in [6.07, 6.45) is 1.70. The van der Waals surface area contributed by atoms with E-state index in [-0.39, 0.29) is 0 Å². The van der Waals surface area contributed by atoms with Crippen molar-refractivity contribution < 1.29 is 0 Å². The Morgan fingerprint density at radius 1 is 0.833 bits per heavy atom. The summed E-state index contributed by atoms with van der Waals surface area (Å²) in [5.74, 6) is 0. The van der Waals surface area contributed by atoms with Gasteiger partial charge in [-0.2, -0.15) is 4.20 Å². The third-order valence-corrected chi connectivity index (χ3v) is 2.92. The van der Waals surface area contributed by atoms with Crippen molar-refractivity contribution in [2.75, 3.05) is 0 Å². The zero-order chi connectivity index (χ0) is 12.4. The molecule has 0 saturated heterocycles. The van der Waals surface area contributed by atoms with E-state index in [4.69, 9.17) is 11.8 Å². The highest BCUT2D eigenvalue weighted by molar-refractivity contribution is 6.14. The molecular formula is C14H10ClN3. The predicted octanol–water partition coefficient (Wildman–Crippen LogP) is 3.61. The standard InChI is InChI=1S/C14H10ClN3/c15-18-10-14(16-17-18)13-9-5-4-8-12(13)11-6-2-1-3-7-11/h1-10H. The zero-order valence-corrected chi connectivity index (χ0v) is 10.2. The Bertz CT molecular complexity index is 662. The summed E-state index contributed by atoms with van der Waals surface area (Å²) in [5.41, 5.74) is 4.06. The number of halogens is 1. The van der Waals surface area contributed by atoms with E-state index < -0.39 is 0 Å². The summed E-state index contributed by atoms with van der Waals surface area (Å²) in [7, 11) is 0. The summed E-state index contributed by atoms with van der Waals surface area (Å²) < 4.78 is 1.19. The zero-order valence-electron chi connectivity index (χ0n) is 9.49. The monoisotopic (exact) mass is 255 g/mol. The molecule has 1 aromatic heterocycles. The lowest BCUT2D eigenvalue weighted by atomic mass is 9.98. The SMILES string of the molecule is Cln1cc(-c2ccccc2-c2ccccc2)nn1. The third-order valence-electron chi connectivity index (χ3n) is 2.75. The quantitative estimate of drug-likeness (QED) is 0.700. The molecule has 0 saturated carbocycles. The van der Waals surface area contributed by atoms with E-state index in [0.29, 0.717) is 0 Å². The molecule has 0 spiro atoms. The average Bonchev–Trinajstić information content (AvgIpc) is 2.86. The van der Waals surface area contributed by atoms with Crippen LogP contribution in [0.5, 0.6) is 0 Å². The number of nitrogens with zero attached hydrogens (tertiary/aromatic N) is 3. The van der Waals surface area contributed by atoms with Crippen LogP contribution in [0, 0.1) is 0 Å². The van der Waals surface area contributed by atoms with Crippen LogP contribution in [0.1, 0.15) is 0 Å². The number of hydrogen-bond donors (Lipinski definition) is 0. The second-order valence-corrected chi connectivity index (χ2v) is 4.25. The van der Waals surface area contributed by atoms with Crippen molar-refractivity contribution in [1.29, 1.82) is 0 Å². The maximum atomic E-state index is 5.75. The van der Waals surface area contributed by atoms with Crippen molar-refractivity contribution in [3.63, 3.8) is 0 Å². The Morgan fingerprint density at radius 2 is 1.50 bits per heavy atom. The number of rotatable bonds is 2. The van der Waals surface area contributed by atoms with E-state index in [2.05, 4.69) is 28.5 Å². The lowest BCUT2D eigenvalue weighted by Crippen LogP contribution is -1.84. The van der Waals surface area contributed by atoms with E-state index in [9.17, 15) is 0 Å². The second-order valence-electron chi connectivity index (χ2n) is 3.90. The van der Waals surface area contributed by atoms with Crippen LogP contribution < -0.4 is 0 Å². The third kappa shape index (κ3) is 2.00. The van der Waals surface area contributed by atoms with Crippen molar-refractivity contribution in [3.05, 3.63) is 60.8 Å². The molecular weight excluding hydrogens is 246 g/mol. The summed E-state index contributed by atoms with van der Waals surface area (Å²) in [4.78, 5) is 0. The summed E-state index contributed by atoms with van der Waals surface area (Å²) in [6, 6.07) is 18.3. The Balaban J connectivity index is 2.17. The summed E-state index contributed by atoms with van der Waals surface area (Å²) in [6.45, 7) is 0. The van der Waals surface area contributed by atoms with Gasteiger partial charge in [-0.3, -0.25) is 0 Å². The molecule has 18 heavy (non-hydrogen) atoms. The first-order valence-electron chi connectivity index (χ1n) is 5.58. The molecule has 0 fully saturated rings. The van der Waals surface area contributed by atoms with E-state index in [1.165, 1.54) is 4.20 Å². The van der Waals surface area contributed by atoms with Crippen LogP contribution in [0.15, 0.2) is 60.8 Å². The van der Waals surface area contributed by atoms with Gasteiger partial charge in [-0.25, -0.2) is 0 Å². The fraction of sp³-hybridized carbons (Fsp3) is 0. The van der Waals surface area contributed by atoms with E-state index in [0.717, 1.165) is 22.4 Å². The second kappa shape index (κ2) is 4.63. The summed E-state index contributed by atoms with van der Waals surface area (Å²) >= 11 is 5.75. The Morgan fingerprint density at radius 3 is 2.17 bits per heavy atom. The maximum absolute atomic E-state index is 5.75. The molecule has 1 heterocycles. The van der Waals surface area contributed by atoms with Crippen LogP contribution in [0.4, 0.5) is 0 Å². The van der Waals surface area contributed by atoms with Crippen LogP contribution in [-0.4, -0.2) is 14.5 Å². The van der Waals surface area contributed by atoms with Gasteiger partial charge in [-0.1, -0.05) is 59.8 Å². The van der Waals surface area contributed by atoms with E-state index in [1.54, 1.807) is 6.20 Å². The van der Waals surface area contributed by atoms with Crippen LogP contribution in [0.3, 0.4) is 0 Å². The molecule has 0 amide bonds. The molecule has 0 bridgehead atoms. The highest BCUT2D eigenvalue weighted by Gasteiger charge is 2.09. The van der Waals surface area contributed by atoms with Crippen molar-refractivity contribution in [2.24, 2.45) is 0 Å². The van der Waals surface area contributed by atoms with Crippen molar-refractivity contribution >= 4 is 11.8 Å². The van der Waals surface area contributed by atoms with Gasteiger partial charge in [0.1, 0.15) is 5.69 Å². The molecule has 3 rings (SSSR count). The van der Waals surface area contributed by atoms with Gasteiger partial charge < -0.3 is 0 Å². The fourth-order valence-corrected chi connectivity index (χ4v) is 2.07. The van der Waals surface area contributed by atoms with Crippen LogP contribution in [-0.2, 0) is 0 Å². The van der Waals surface area contributed by atoms with Crippen molar-refractivity contribution in [2.45, 2.75) is 0 Å². The number of aromatic nitrogens is 3. The predicted molar refractivity (Wildman–Crippen MR) is 72.1 cm³/mol. The topological polar surface area (TPSA) is 30.7 Å². The molecule has 3 aromatic rings. The average molecular weight is 256 g/mol. The molecule has 0 aliphatic heterocycles. The van der Waals surface area contributed by atoms with E-state index >= 15 is 0 Å². The van der Waals surface area contributed by atoms with Crippen LogP contribution >= 0.6 is 11.8 Å². The minimum absolute atomic E-state index is 0.768. The molecule has 88 valence electrons. The normalized spacial score (nSPS) is 10.5. The van der Waals surface area contributed by atoms with Gasteiger partial charge in [0.15, 0.2) is 0 Å². The van der Waals surface area contributed by atoms with Crippen molar-refractivity contribution in [3.8, 4) is 22.4 Å². The molecule has 0 atom stereocenters. The Hall–Kier alpha value is -2.13. The molecule has 0 radical (unpaired) electrons. The lowest BCUT2D eigenvalue weighted by Gasteiger charge is -2.06. The van der Waals surface area contributed by atoms with Gasteiger partial charge in [0.05, 0.1) is 6.20 Å². The van der Waals surface area contributed by atoms with Gasteiger partial charge >= 0.3 is 0 Å². The van der Waals surface area contributed by atoms with Crippen LogP contribution in [0.25, 0.3) is 22.4 Å². The number of hydrogen-bond acceptors (Lipinski definition) is 2. The Labute approximate surface area is 110 Å². The largest absolute Gasteiger partial charge is 0.159 e. The smallest absolute Gasteiger partial charge is 0.115 e. The van der Waals surface area contributed by atoms with Gasteiger partial charge in [-0.15, -0.1) is 5.10 Å². The Kier molecular flexibility index (Phi) is 2.82. The highest BCUT2D eigenvalue weighted by Crippen LogP contribution is 2.30. The minimum Gasteiger partial charge on any atom is -0.159 e. The first-order valence-corrected chi connectivity index (χ1v) is 5.92. The van der Waals surface area contributed by atoms with Gasteiger partial charge in [0, 0.05) is 17.3 Å². The first-order chi connectivity index (χ1) is 8.84. The number of benzene rings is 2.